The van der Waals surface area contributed by atoms with Gasteiger partial charge in [0.2, 0.25) is 0 Å². The van der Waals surface area contributed by atoms with E-state index in [0.717, 1.165) is 32.2 Å². The van der Waals surface area contributed by atoms with Crippen LogP contribution in [-0.2, 0) is 4.74 Å². The third kappa shape index (κ3) is 4.77. The van der Waals surface area contributed by atoms with Crippen molar-refractivity contribution < 1.29 is 27.4 Å². The van der Waals surface area contributed by atoms with E-state index in [1.165, 1.54) is 0 Å². The number of halogens is 5. The Morgan fingerprint density at radius 3 is 2.52 bits per heavy atom. The maximum Gasteiger partial charge on any atom is 0.410 e. The summed E-state index contributed by atoms with van der Waals surface area (Å²) in [5.41, 5.74) is -1.25. The third-order valence-corrected chi connectivity index (χ3v) is 9.54. The quantitative estimate of drug-likeness (QED) is 0.304. The summed E-state index contributed by atoms with van der Waals surface area (Å²) in [7, 11) is 0. The maximum absolute atomic E-state index is 15.4. The number of carbonyl (C=O) groups is 1. The van der Waals surface area contributed by atoms with Gasteiger partial charge in [-0.15, -0.1) is 0 Å². The first kappa shape index (κ1) is 28.1. The van der Waals surface area contributed by atoms with Crippen molar-refractivity contribution >= 4 is 50.3 Å². The fourth-order valence-corrected chi connectivity index (χ4v) is 7.59. The molecule has 8 nitrogen and oxygen atoms in total. The molecule has 5 heterocycles. The van der Waals surface area contributed by atoms with Gasteiger partial charge in [0.15, 0.2) is 11.6 Å². The Morgan fingerprint density at radius 1 is 1.15 bits per heavy atom. The van der Waals surface area contributed by atoms with E-state index in [1.54, 1.807) is 4.90 Å². The van der Waals surface area contributed by atoms with Gasteiger partial charge in [0, 0.05) is 26.1 Å². The fraction of sp³-hybridized carbons (Fsp3) is 0.667. The van der Waals surface area contributed by atoms with Gasteiger partial charge < -0.3 is 14.4 Å². The topological polar surface area (TPSA) is 71.0 Å². The Morgan fingerprint density at radius 2 is 1.85 bits per heavy atom. The molecule has 2 bridgehead atoms. The molecule has 0 saturated carbocycles. The molecule has 4 fully saturated rings. The minimum absolute atomic E-state index is 0.0441. The molecule has 1 aromatic heterocycles. The second-order valence-corrected chi connectivity index (χ2v) is 13.5. The number of aromatic nitrogens is 2. The largest absolute Gasteiger partial charge is 0.461 e. The summed E-state index contributed by atoms with van der Waals surface area (Å²) in [6.07, 6.45) is 2.32. The average molecular weight is 647 g/mol. The Hall–Kier alpha value is -2.05. The summed E-state index contributed by atoms with van der Waals surface area (Å²) < 4.78 is 56.0. The van der Waals surface area contributed by atoms with Crippen molar-refractivity contribution in [1.29, 1.82) is 0 Å². The number of piperazine rings is 1. The molecule has 4 aliphatic heterocycles. The summed E-state index contributed by atoms with van der Waals surface area (Å²) in [5, 5.41) is -0.258. The van der Waals surface area contributed by atoms with Crippen LogP contribution in [0.25, 0.3) is 10.9 Å². The lowest BCUT2D eigenvalue weighted by atomic mass is 9.95. The molecule has 13 heteroatoms. The highest BCUT2D eigenvalue weighted by Crippen LogP contribution is 2.43. The molecule has 0 aliphatic carbocycles. The second kappa shape index (κ2) is 10.0. The van der Waals surface area contributed by atoms with E-state index in [-0.39, 0.29) is 52.5 Å². The standard InChI is InChI=1S/C27H32BrClF3N5O3/c1-26(2,3)40-25(38)37-15-5-6-16(37)12-35(11-15)23-17-19(29)20(31)18(28)21(32)22(17)33-24(34-23)39-13-27-7-4-8-36(27)10-14(30)9-27/h14-16H,4-13H2,1-3H3/t14-,15?,16?,27?/m1/s1. The number of alkyl halides is 1. The molecule has 40 heavy (non-hydrogen) atoms. The molecule has 4 aliphatic rings. The van der Waals surface area contributed by atoms with E-state index in [9.17, 15) is 13.6 Å². The molecule has 1 aromatic carbocycles. The lowest BCUT2D eigenvalue weighted by molar-refractivity contribution is 0.0122. The van der Waals surface area contributed by atoms with Crippen LogP contribution in [0.4, 0.5) is 23.8 Å². The number of rotatable bonds is 4. The number of carbonyl (C=O) groups excluding carboxylic acids is 1. The smallest absolute Gasteiger partial charge is 0.410 e. The third-order valence-electron chi connectivity index (χ3n) is 8.49. The van der Waals surface area contributed by atoms with Gasteiger partial charge in [-0.05, 0) is 68.9 Å². The van der Waals surface area contributed by atoms with Gasteiger partial charge in [-0.25, -0.2) is 18.0 Å². The predicted molar refractivity (Wildman–Crippen MR) is 148 cm³/mol. The summed E-state index contributed by atoms with van der Waals surface area (Å²) in [4.78, 5) is 27.7. The number of hydrogen-bond acceptors (Lipinski definition) is 7. The van der Waals surface area contributed by atoms with Gasteiger partial charge in [-0.3, -0.25) is 9.80 Å². The Balaban J connectivity index is 1.35. The van der Waals surface area contributed by atoms with Crippen LogP contribution in [-0.4, -0.2) is 88.0 Å². The van der Waals surface area contributed by atoms with Crippen LogP contribution >= 0.6 is 27.5 Å². The maximum atomic E-state index is 15.4. The average Bonchev–Trinajstić information content (AvgIpc) is 3.50. The van der Waals surface area contributed by atoms with Crippen molar-refractivity contribution in [2.75, 3.05) is 37.7 Å². The molecule has 218 valence electrons. The molecule has 1 amide bonds. The zero-order valence-electron chi connectivity index (χ0n) is 22.7. The molecule has 3 unspecified atom stereocenters. The van der Waals surface area contributed by atoms with Gasteiger partial charge in [0.1, 0.15) is 29.7 Å². The minimum Gasteiger partial charge on any atom is -0.461 e. The van der Waals surface area contributed by atoms with E-state index in [4.69, 9.17) is 21.1 Å². The van der Waals surface area contributed by atoms with Crippen molar-refractivity contribution in [2.45, 2.75) is 82.3 Å². The first-order chi connectivity index (χ1) is 18.9. The summed E-state index contributed by atoms with van der Waals surface area (Å²) in [5.74, 6) is -1.61. The fourth-order valence-electron chi connectivity index (χ4n) is 6.83. The van der Waals surface area contributed by atoms with Gasteiger partial charge >= 0.3 is 12.1 Å². The monoisotopic (exact) mass is 645 g/mol. The minimum atomic E-state index is -0.944. The number of hydrogen-bond donors (Lipinski definition) is 0. The van der Waals surface area contributed by atoms with E-state index in [0.29, 0.717) is 26.1 Å². The second-order valence-electron chi connectivity index (χ2n) is 12.4. The number of ether oxygens (including phenoxy) is 2. The van der Waals surface area contributed by atoms with Crippen molar-refractivity contribution in [3.05, 3.63) is 21.1 Å². The van der Waals surface area contributed by atoms with E-state index in [1.807, 2.05) is 25.7 Å². The molecule has 0 N–H and O–H groups in total. The van der Waals surface area contributed by atoms with Crippen LogP contribution < -0.4 is 9.64 Å². The van der Waals surface area contributed by atoms with Crippen molar-refractivity contribution in [3.8, 4) is 6.01 Å². The summed E-state index contributed by atoms with van der Waals surface area (Å²) in [6, 6.07) is -0.419. The highest BCUT2D eigenvalue weighted by Gasteiger charge is 2.50. The summed E-state index contributed by atoms with van der Waals surface area (Å²) >= 11 is 9.39. The lowest BCUT2D eigenvalue weighted by Gasteiger charge is -2.42. The molecule has 0 radical (unpaired) electrons. The van der Waals surface area contributed by atoms with Crippen LogP contribution in [0.5, 0.6) is 6.01 Å². The van der Waals surface area contributed by atoms with E-state index < -0.39 is 33.4 Å². The van der Waals surface area contributed by atoms with Crippen LogP contribution in [0.2, 0.25) is 5.02 Å². The van der Waals surface area contributed by atoms with Crippen molar-refractivity contribution in [2.24, 2.45) is 0 Å². The summed E-state index contributed by atoms with van der Waals surface area (Å²) in [6.45, 7) is 7.55. The molecule has 4 saturated heterocycles. The highest BCUT2D eigenvalue weighted by molar-refractivity contribution is 9.10. The van der Waals surface area contributed by atoms with Crippen molar-refractivity contribution in [3.63, 3.8) is 0 Å². The van der Waals surface area contributed by atoms with Crippen molar-refractivity contribution in [1.82, 2.24) is 19.8 Å². The van der Waals surface area contributed by atoms with Gasteiger partial charge in [0.05, 0.1) is 32.5 Å². The van der Waals surface area contributed by atoms with Crippen LogP contribution in [0.1, 0.15) is 52.9 Å². The molecular weight excluding hydrogens is 615 g/mol. The first-order valence-corrected chi connectivity index (χ1v) is 14.9. The van der Waals surface area contributed by atoms with Gasteiger partial charge in [-0.2, -0.15) is 9.97 Å². The number of anilines is 1. The normalized spacial score (nSPS) is 28.4. The molecule has 4 atom stereocenters. The van der Waals surface area contributed by atoms with Gasteiger partial charge in [-0.1, -0.05) is 11.6 Å². The Labute approximate surface area is 244 Å². The number of fused-ring (bicyclic) bond motifs is 4. The molecule has 6 rings (SSSR count). The number of amides is 1. The van der Waals surface area contributed by atoms with Crippen LogP contribution in [0.15, 0.2) is 4.47 Å². The van der Waals surface area contributed by atoms with Crippen LogP contribution in [0, 0.1) is 11.6 Å². The Kier molecular flexibility index (Phi) is 7.05. The first-order valence-electron chi connectivity index (χ1n) is 13.7. The number of benzene rings is 1. The number of nitrogens with zero attached hydrogens (tertiary/aromatic N) is 5. The van der Waals surface area contributed by atoms with Crippen LogP contribution in [0.3, 0.4) is 0 Å². The SMILES string of the molecule is CC(C)(C)OC(=O)N1C2CCC1CN(c1nc(OCC34CCCN3C[C@H](F)C4)nc3c(F)c(Br)c(F)c(Cl)c13)C2. The molecule has 2 aromatic rings. The Bertz CT molecular complexity index is 1350. The highest BCUT2D eigenvalue weighted by atomic mass is 79.9. The molecule has 0 spiro atoms. The van der Waals surface area contributed by atoms with Gasteiger partial charge in [0.25, 0.3) is 0 Å². The zero-order chi connectivity index (χ0) is 28.6. The molecular formula is C27H32BrClF3N5O3. The van der Waals surface area contributed by atoms with E-state index in [2.05, 4.69) is 30.8 Å². The van der Waals surface area contributed by atoms with E-state index >= 15 is 4.39 Å². The zero-order valence-corrected chi connectivity index (χ0v) is 25.0. The predicted octanol–water partition coefficient (Wildman–Crippen LogP) is 5.87. The lowest BCUT2D eigenvalue weighted by Crippen LogP contribution is -2.57.